The van der Waals surface area contributed by atoms with Crippen molar-refractivity contribution in [3.05, 3.63) is 5.69 Å². The van der Waals surface area contributed by atoms with Crippen molar-refractivity contribution < 1.29 is 9.47 Å². The Kier molecular flexibility index (Phi) is 5.34. The summed E-state index contributed by atoms with van der Waals surface area (Å²) in [5.74, 6) is 0. The number of anilines is 1. The van der Waals surface area contributed by atoms with Crippen LogP contribution in [-0.2, 0) is 16.1 Å². The van der Waals surface area contributed by atoms with Gasteiger partial charge in [-0.25, -0.2) is 0 Å². The average Bonchev–Trinajstić information content (AvgIpc) is 2.85. The van der Waals surface area contributed by atoms with Crippen molar-refractivity contribution in [1.29, 1.82) is 0 Å². The van der Waals surface area contributed by atoms with E-state index in [4.69, 9.17) is 9.47 Å². The van der Waals surface area contributed by atoms with Crippen LogP contribution in [0.1, 0.15) is 38.3 Å². The predicted molar refractivity (Wildman–Crippen MR) is 71.9 cm³/mol. The molecule has 1 N–H and O–H groups in total. The average molecular weight is 271 g/mol. The Hall–Kier alpha value is -0.720. The summed E-state index contributed by atoms with van der Waals surface area (Å²) >= 11 is 1.39. The standard InChI is InChI=1S/C12H21N3O2S/c1-3-13-12-11(14-15-18-12)8-17-10-6-4-5-9(7-10)16-2/h9-10,13H,3-8H2,1-2H3. The summed E-state index contributed by atoms with van der Waals surface area (Å²) in [6.07, 6.45) is 5.08. The van der Waals surface area contributed by atoms with Crippen LogP contribution in [0, 0.1) is 0 Å². The predicted octanol–water partition coefficient (Wildman–Crippen LogP) is 2.44. The van der Waals surface area contributed by atoms with E-state index >= 15 is 0 Å². The quantitative estimate of drug-likeness (QED) is 0.861. The Morgan fingerprint density at radius 2 is 2.22 bits per heavy atom. The molecular weight excluding hydrogens is 250 g/mol. The van der Waals surface area contributed by atoms with Crippen molar-refractivity contribution in [2.24, 2.45) is 0 Å². The van der Waals surface area contributed by atoms with Gasteiger partial charge in [-0.2, -0.15) is 0 Å². The second-order valence-corrected chi connectivity index (χ2v) is 5.29. The molecule has 18 heavy (non-hydrogen) atoms. The van der Waals surface area contributed by atoms with E-state index in [0.717, 1.165) is 36.5 Å². The molecule has 0 bridgehead atoms. The molecule has 0 amide bonds. The fraction of sp³-hybridized carbons (Fsp3) is 0.833. The molecule has 1 heterocycles. The van der Waals surface area contributed by atoms with E-state index in [1.54, 1.807) is 7.11 Å². The van der Waals surface area contributed by atoms with Crippen LogP contribution in [0.5, 0.6) is 0 Å². The maximum absolute atomic E-state index is 5.93. The van der Waals surface area contributed by atoms with E-state index in [2.05, 4.69) is 21.8 Å². The number of aromatic nitrogens is 2. The van der Waals surface area contributed by atoms with Crippen LogP contribution < -0.4 is 5.32 Å². The minimum Gasteiger partial charge on any atom is -0.381 e. The molecule has 1 saturated carbocycles. The van der Waals surface area contributed by atoms with Crippen LogP contribution in [-0.4, -0.2) is 35.4 Å². The van der Waals surface area contributed by atoms with Gasteiger partial charge in [0, 0.05) is 25.2 Å². The maximum atomic E-state index is 5.93. The Morgan fingerprint density at radius 3 is 3.00 bits per heavy atom. The van der Waals surface area contributed by atoms with Gasteiger partial charge in [-0.3, -0.25) is 0 Å². The highest BCUT2D eigenvalue weighted by atomic mass is 32.1. The van der Waals surface area contributed by atoms with Gasteiger partial charge in [0.05, 0.1) is 18.8 Å². The summed E-state index contributed by atoms with van der Waals surface area (Å²) < 4.78 is 15.3. The fourth-order valence-corrected chi connectivity index (χ4v) is 2.90. The molecule has 5 nitrogen and oxygen atoms in total. The molecule has 2 rings (SSSR count). The van der Waals surface area contributed by atoms with E-state index in [1.807, 2.05) is 0 Å². The van der Waals surface area contributed by atoms with Crippen molar-refractivity contribution >= 4 is 16.5 Å². The lowest BCUT2D eigenvalue weighted by atomic mass is 9.95. The first-order chi connectivity index (χ1) is 8.83. The zero-order chi connectivity index (χ0) is 12.8. The molecule has 1 aliphatic carbocycles. The second kappa shape index (κ2) is 7.01. The first-order valence-corrected chi connectivity index (χ1v) is 7.30. The van der Waals surface area contributed by atoms with E-state index < -0.39 is 0 Å². The van der Waals surface area contributed by atoms with Crippen molar-refractivity contribution in [2.45, 2.75) is 51.4 Å². The number of ether oxygens (including phenoxy) is 2. The van der Waals surface area contributed by atoms with Crippen LogP contribution in [0.3, 0.4) is 0 Å². The van der Waals surface area contributed by atoms with Gasteiger partial charge < -0.3 is 14.8 Å². The number of hydrogen-bond acceptors (Lipinski definition) is 6. The maximum Gasteiger partial charge on any atom is 0.135 e. The molecule has 1 aliphatic rings. The lowest BCUT2D eigenvalue weighted by Crippen LogP contribution is -2.27. The Bertz CT molecular complexity index is 359. The topological polar surface area (TPSA) is 56.3 Å². The summed E-state index contributed by atoms with van der Waals surface area (Å²) in [7, 11) is 1.78. The monoisotopic (exact) mass is 271 g/mol. The molecule has 102 valence electrons. The van der Waals surface area contributed by atoms with Crippen LogP contribution in [0.25, 0.3) is 0 Å². The first kappa shape index (κ1) is 13.7. The lowest BCUT2D eigenvalue weighted by molar-refractivity contribution is -0.0370. The number of methoxy groups -OCH3 is 1. The molecule has 0 saturated heterocycles. The number of nitrogens with one attached hydrogen (secondary N) is 1. The highest BCUT2D eigenvalue weighted by Crippen LogP contribution is 2.25. The van der Waals surface area contributed by atoms with Gasteiger partial charge in [-0.05, 0) is 32.6 Å². The third kappa shape index (κ3) is 3.63. The van der Waals surface area contributed by atoms with Gasteiger partial charge in [-0.1, -0.05) is 4.49 Å². The molecule has 0 aromatic carbocycles. The zero-order valence-electron chi connectivity index (χ0n) is 11.0. The molecule has 1 aromatic heterocycles. The summed E-state index contributed by atoms with van der Waals surface area (Å²) in [5, 5.41) is 8.39. The molecule has 6 heteroatoms. The van der Waals surface area contributed by atoms with Gasteiger partial charge in [0.2, 0.25) is 0 Å². The first-order valence-electron chi connectivity index (χ1n) is 6.53. The molecular formula is C12H21N3O2S. The number of hydrogen-bond donors (Lipinski definition) is 1. The molecule has 1 fully saturated rings. The van der Waals surface area contributed by atoms with Crippen molar-refractivity contribution in [3.63, 3.8) is 0 Å². The van der Waals surface area contributed by atoms with E-state index in [1.165, 1.54) is 18.0 Å². The van der Waals surface area contributed by atoms with Crippen LogP contribution in [0.2, 0.25) is 0 Å². The smallest absolute Gasteiger partial charge is 0.135 e. The largest absolute Gasteiger partial charge is 0.381 e. The highest BCUT2D eigenvalue weighted by molar-refractivity contribution is 7.10. The SMILES string of the molecule is CCNc1snnc1COC1CCCC(OC)C1. The summed E-state index contributed by atoms with van der Waals surface area (Å²) in [6, 6.07) is 0. The highest BCUT2D eigenvalue weighted by Gasteiger charge is 2.22. The van der Waals surface area contributed by atoms with Gasteiger partial charge in [-0.15, -0.1) is 5.10 Å². The minimum atomic E-state index is 0.292. The molecule has 1 aromatic rings. The van der Waals surface area contributed by atoms with Crippen LogP contribution >= 0.6 is 11.5 Å². The van der Waals surface area contributed by atoms with Crippen LogP contribution in [0.4, 0.5) is 5.00 Å². The van der Waals surface area contributed by atoms with E-state index in [9.17, 15) is 0 Å². The Balaban J connectivity index is 1.81. The summed E-state index contributed by atoms with van der Waals surface area (Å²) in [6.45, 7) is 3.49. The normalized spacial score (nSPS) is 24.1. The minimum absolute atomic E-state index is 0.292. The van der Waals surface area contributed by atoms with Gasteiger partial charge in [0.25, 0.3) is 0 Å². The van der Waals surface area contributed by atoms with Gasteiger partial charge in [0.1, 0.15) is 10.7 Å². The zero-order valence-corrected chi connectivity index (χ0v) is 11.8. The fourth-order valence-electron chi connectivity index (χ4n) is 2.26. The van der Waals surface area contributed by atoms with E-state index in [-0.39, 0.29) is 0 Å². The molecule has 2 atom stereocenters. The lowest BCUT2D eigenvalue weighted by Gasteiger charge is -2.28. The molecule has 0 radical (unpaired) electrons. The summed E-state index contributed by atoms with van der Waals surface area (Å²) in [5.41, 5.74) is 0.918. The summed E-state index contributed by atoms with van der Waals surface area (Å²) in [4.78, 5) is 0. The second-order valence-electron chi connectivity index (χ2n) is 4.54. The number of nitrogens with zero attached hydrogens (tertiary/aromatic N) is 2. The van der Waals surface area contributed by atoms with Gasteiger partial charge >= 0.3 is 0 Å². The molecule has 0 aliphatic heterocycles. The van der Waals surface area contributed by atoms with Crippen LogP contribution in [0.15, 0.2) is 0 Å². The van der Waals surface area contributed by atoms with Crippen molar-refractivity contribution in [2.75, 3.05) is 19.0 Å². The third-order valence-corrected chi connectivity index (χ3v) is 3.99. The number of rotatable bonds is 6. The van der Waals surface area contributed by atoms with E-state index in [0.29, 0.717) is 18.8 Å². The van der Waals surface area contributed by atoms with Gasteiger partial charge in [0.15, 0.2) is 0 Å². The van der Waals surface area contributed by atoms with Crippen molar-refractivity contribution in [1.82, 2.24) is 9.59 Å². The Morgan fingerprint density at radius 1 is 1.39 bits per heavy atom. The third-order valence-electron chi connectivity index (χ3n) is 3.26. The molecule has 0 spiro atoms. The Labute approximate surface area is 112 Å². The van der Waals surface area contributed by atoms with Crippen molar-refractivity contribution in [3.8, 4) is 0 Å². The molecule has 2 unspecified atom stereocenters.